The number of carbonyl (C=O) groups excluding carboxylic acids is 1. The predicted molar refractivity (Wildman–Crippen MR) is 90.3 cm³/mol. The second-order valence-electron chi connectivity index (χ2n) is 4.85. The van der Waals surface area contributed by atoms with Crippen LogP contribution in [0.15, 0.2) is 47.1 Å². The van der Waals surface area contributed by atoms with Crippen LogP contribution in [-0.2, 0) is 6.42 Å². The summed E-state index contributed by atoms with van der Waals surface area (Å²) < 4.78 is 0.709. The summed E-state index contributed by atoms with van der Waals surface area (Å²) in [6, 6.07) is 11.3. The number of nitrogens with one attached hydrogen (secondary N) is 1. The second kappa shape index (κ2) is 5.66. The number of H-pyrrole nitrogens is 1. The maximum Gasteiger partial charge on any atom is 0.196 e. The number of hydrogen-bond donors (Lipinski definition) is 1. The highest BCUT2D eigenvalue weighted by Crippen LogP contribution is 2.28. The van der Waals surface area contributed by atoms with E-state index in [1.807, 2.05) is 12.1 Å². The number of para-hydroxylation sites is 1. The van der Waals surface area contributed by atoms with Gasteiger partial charge in [0.05, 0.1) is 0 Å². The van der Waals surface area contributed by atoms with Gasteiger partial charge in [0, 0.05) is 37.7 Å². The zero-order valence-corrected chi connectivity index (χ0v) is 13.8. The SMILES string of the molecule is CCc1cccc2c(C(=O)c3ccc(Cl)cc3Br)c[nH]c12. The molecule has 0 atom stereocenters. The van der Waals surface area contributed by atoms with Gasteiger partial charge in [-0.3, -0.25) is 4.79 Å². The fourth-order valence-electron chi connectivity index (χ4n) is 2.52. The lowest BCUT2D eigenvalue weighted by molar-refractivity contribution is 0.103. The molecule has 4 heteroatoms. The van der Waals surface area contributed by atoms with Gasteiger partial charge in [0.15, 0.2) is 5.78 Å². The van der Waals surface area contributed by atoms with Crippen LogP contribution in [0.4, 0.5) is 0 Å². The Balaban J connectivity index is 2.14. The highest BCUT2D eigenvalue weighted by molar-refractivity contribution is 9.10. The van der Waals surface area contributed by atoms with E-state index >= 15 is 0 Å². The van der Waals surface area contributed by atoms with Crippen LogP contribution in [0.2, 0.25) is 5.02 Å². The minimum absolute atomic E-state index is 0.0157. The van der Waals surface area contributed by atoms with Crippen molar-refractivity contribution in [3.05, 3.63) is 68.8 Å². The average Bonchev–Trinajstić information content (AvgIpc) is 2.90. The first kappa shape index (κ1) is 14.4. The molecule has 0 fully saturated rings. The quantitative estimate of drug-likeness (QED) is 0.624. The van der Waals surface area contributed by atoms with Crippen LogP contribution >= 0.6 is 27.5 Å². The number of benzene rings is 2. The second-order valence-corrected chi connectivity index (χ2v) is 6.14. The molecule has 0 radical (unpaired) electrons. The molecule has 2 nitrogen and oxygen atoms in total. The molecule has 0 aliphatic heterocycles. The lowest BCUT2D eigenvalue weighted by atomic mass is 10.0. The van der Waals surface area contributed by atoms with Crippen LogP contribution < -0.4 is 0 Å². The van der Waals surface area contributed by atoms with Gasteiger partial charge in [-0.05, 0) is 46.1 Å². The number of aryl methyl sites for hydroxylation is 1. The summed E-state index contributed by atoms with van der Waals surface area (Å²) in [6.07, 6.45) is 2.71. The molecule has 0 saturated heterocycles. The van der Waals surface area contributed by atoms with Crippen molar-refractivity contribution >= 4 is 44.2 Å². The summed E-state index contributed by atoms with van der Waals surface area (Å²) in [5.74, 6) is -0.0157. The summed E-state index contributed by atoms with van der Waals surface area (Å²) in [5.41, 5.74) is 3.54. The Hall–Kier alpha value is -1.58. The number of aromatic amines is 1. The van der Waals surface area contributed by atoms with Gasteiger partial charge in [0.1, 0.15) is 0 Å². The van der Waals surface area contributed by atoms with E-state index in [-0.39, 0.29) is 5.78 Å². The van der Waals surface area contributed by atoms with Crippen molar-refractivity contribution < 1.29 is 4.79 Å². The van der Waals surface area contributed by atoms with Crippen molar-refractivity contribution in [3.8, 4) is 0 Å². The van der Waals surface area contributed by atoms with E-state index in [0.717, 1.165) is 17.3 Å². The van der Waals surface area contributed by atoms with E-state index in [1.54, 1.807) is 24.4 Å². The maximum absolute atomic E-state index is 12.8. The topological polar surface area (TPSA) is 32.9 Å². The van der Waals surface area contributed by atoms with Gasteiger partial charge in [-0.2, -0.15) is 0 Å². The molecular weight excluding hydrogens is 350 g/mol. The van der Waals surface area contributed by atoms with E-state index in [0.29, 0.717) is 20.6 Å². The van der Waals surface area contributed by atoms with Gasteiger partial charge in [-0.15, -0.1) is 0 Å². The summed E-state index contributed by atoms with van der Waals surface area (Å²) >= 11 is 9.34. The fraction of sp³-hybridized carbons (Fsp3) is 0.118. The Kier molecular flexibility index (Phi) is 3.87. The van der Waals surface area contributed by atoms with E-state index in [9.17, 15) is 4.79 Å². The molecule has 1 N–H and O–H groups in total. The Morgan fingerprint density at radius 2 is 2.05 bits per heavy atom. The van der Waals surface area contributed by atoms with Gasteiger partial charge in [-0.1, -0.05) is 36.7 Å². The minimum Gasteiger partial charge on any atom is -0.360 e. The summed E-state index contributed by atoms with van der Waals surface area (Å²) in [6.45, 7) is 2.10. The standard InChI is InChI=1S/C17H13BrClNO/c1-2-10-4-3-5-12-14(9-20-16(10)12)17(21)13-7-6-11(19)8-15(13)18/h3-9,20H,2H2,1H3. The molecule has 0 amide bonds. The third kappa shape index (κ3) is 2.52. The maximum atomic E-state index is 12.8. The summed E-state index contributed by atoms with van der Waals surface area (Å²) in [4.78, 5) is 16.0. The van der Waals surface area contributed by atoms with Crippen LogP contribution in [0, 0.1) is 0 Å². The molecule has 1 heterocycles. The van der Waals surface area contributed by atoms with Gasteiger partial charge >= 0.3 is 0 Å². The van der Waals surface area contributed by atoms with Gasteiger partial charge in [0.2, 0.25) is 0 Å². The third-order valence-electron chi connectivity index (χ3n) is 3.60. The Bertz CT molecular complexity index is 838. The predicted octanol–water partition coefficient (Wildman–Crippen LogP) is 5.38. The van der Waals surface area contributed by atoms with E-state index in [1.165, 1.54) is 5.56 Å². The van der Waals surface area contributed by atoms with Crippen molar-refractivity contribution in [2.24, 2.45) is 0 Å². The molecule has 3 aromatic rings. The Morgan fingerprint density at radius 1 is 1.24 bits per heavy atom. The van der Waals surface area contributed by atoms with Crippen molar-refractivity contribution in [2.75, 3.05) is 0 Å². The van der Waals surface area contributed by atoms with E-state index in [4.69, 9.17) is 11.6 Å². The largest absolute Gasteiger partial charge is 0.360 e. The monoisotopic (exact) mass is 361 g/mol. The zero-order valence-electron chi connectivity index (χ0n) is 11.4. The van der Waals surface area contributed by atoms with Crippen LogP contribution in [0.3, 0.4) is 0 Å². The normalized spacial score (nSPS) is 11.0. The van der Waals surface area contributed by atoms with Gasteiger partial charge in [-0.25, -0.2) is 0 Å². The first-order valence-electron chi connectivity index (χ1n) is 6.70. The number of rotatable bonds is 3. The average molecular weight is 363 g/mol. The molecule has 0 aliphatic rings. The third-order valence-corrected chi connectivity index (χ3v) is 4.49. The van der Waals surface area contributed by atoms with E-state index in [2.05, 4.69) is 33.9 Å². The lowest BCUT2D eigenvalue weighted by Crippen LogP contribution is -2.01. The van der Waals surface area contributed by atoms with Crippen LogP contribution in [0.5, 0.6) is 0 Å². The Labute approximate surface area is 136 Å². The Morgan fingerprint density at radius 3 is 2.76 bits per heavy atom. The van der Waals surface area contributed by atoms with Crippen LogP contribution in [-0.4, -0.2) is 10.8 Å². The van der Waals surface area contributed by atoms with Crippen molar-refractivity contribution in [1.82, 2.24) is 4.98 Å². The number of fused-ring (bicyclic) bond motifs is 1. The van der Waals surface area contributed by atoms with Gasteiger partial charge < -0.3 is 4.98 Å². The summed E-state index contributed by atoms with van der Waals surface area (Å²) in [5, 5.41) is 1.56. The number of ketones is 1. The number of aromatic nitrogens is 1. The molecule has 106 valence electrons. The number of hydrogen-bond acceptors (Lipinski definition) is 1. The summed E-state index contributed by atoms with van der Waals surface area (Å²) in [7, 11) is 0. The molecule has 2 aromatic carbocycles. The zero-order chi connectivity index (χ0) is 15.0. The molecule has 3 rings (SSSR count). The highest BCUT2D eigenvalue weighted by Gasteiger charge is 2.17. The fourth-order valence-corrected chi connectivity index (χ4v) is 3.38. The van der Waals surface area contributed by atoms with Crippen LogP contribution in [0.25, 0.3) is 10.9 Å². The molecule has 0 bridgehead atoms. The molecule has 21 heavy (non-hydrogen) atoms. The van der Waals surface area contributed by atoms with Crippen molar-refractivity contribution in [3.63, 3.8) is 0 Å². The van der Waals surface area contributed by atoms with Gasteiger partial charge in [0.25, 0.3) is 0 Å². The molecule has 0 unspecified atom stereocenters. The highest BCUT2D eigenvalue weighted by atomic mass is 79.9. The molecule has 0 spiro atoms. The van der Waals surface area contributed by atoms with E-state index < -0.39 is 0 Å². The molecule has 0 saturated carbocycles. The number of carbonyl (C=O) groups is 1. The van der Waals surface area contributed by atoms with Crippen molar-refractivity contribution in [1.29, 1.82) is 0 Å². The lowest BCUT2D eigenvalue weighted by Gasteiger charge is -2.04. The van der Waals surface area contributed by atoms with Crippen molar-refractivity contribution in [2.45, 2.75) is 13.3 Å². The first-order chi connectivity index (χ1) is 10.1. The minimum atomic E-state index is -0.0157. The van der Waals surface area contributed by atoms with Crippen LogP contribution in [0.1, 0.15) is 28.4 Å². The number of halogens is 2. The molecule has 1 aromatic heterocycles. The molecule has 0 aliphatic carbocycles. The smallest absolute Gasteiger partial charge is 0.196 e. The molecular formula is C17H13BrClNO. The first-order valence-corrected chi connectivity index (χ1v) is 7.87.